The largest absolute Gasteiger partial charge is 0.467 e. The van der Waals surface area contributed by atoms with E-state index in [1.165, 1.54) is 0 Å². The van der Waals surface area contributed by atoms with E-state index in [1.54, 1.807) is 12.3 Å². The normalized spacial score (nSPS) is 34.5. The molecule has 1 aromatic heterocycles. The van der Waals surface area contributed by atoms with Crippen LogP contribution in [0.4, 0.5) is 4.79 Å². The average molecular weight is 420 g/mol. The lowest BCUT2D eigenvalue weighted by molar-refractivity contribution is -0.142. The van der Waals surface area contributed by atoms with Gasteiger partial charge in [-0.15, -0.1) is 0 Å². The summed E-state index contributed by atoms with van der Waals surface area (Å²) in [6, 6.07) is 3.51. The van der Waals surface area contributed by atoms with E-state index in [9.17, 15) is 14.7 Å². The number of fused-ring (bicyclic) bond motifs is 1. The van der Waals surface area contributed by atoms with Gasteiger partial charge in [0.05, 0.1) is 18.9 Å². The number of carbonyl (C=O) groups excluding carboxylic acids is 2. The SMILES string of the molecule is CCNC(=O)N[C@H]1CC[C@]2(C)CC[C@H]([C@H](C)C(=O)NCc3ccco3)[C@H](O)[C@H]2[C@@H]1C. The van der Waals surface area contributed by atoms with Crippen molar-refractivity contribution < 1.29 is 19.1 Å². The number of urea groups is 1. The van der Waals surface area contributed by atoms with Crippen LogP contribution < -0.4 is 16.0 Å². The number of rotatable bonds is 6. The number of furan rings is 1. The molecule has 0 saturated heterocycles. The van der Waals surface area contributed by atoms with E-state index in [0.29, 0.717) is 18.8 Å². The summed E-state index contributed by atoms with van der Waals surface area (Å²) in [5.41, 5.74) is 0.0408. The van der Waals surface area contributed by atoms with Crippen molar-refractivity contribution in [1.29, 1.82) is 0 Å². The van der Waals surface area contributed by atoms with Crippen LogP contribution in [0.3, 0.4) is 0 Å². The number of hydrogen-bond donors (Lipinski definition) is 4. The van der Waals surface area contributed by atoms with Crippen LogP contribution in [0.1, 0.15) is 59.1 Å². The lowest BCUT2D eigenvalue weighted by atomic mass is 9.52. The van der Waals surface area contributed by atoms with Crippen molar-refractivity contribution in [3.8, 4) is 0 Å². The van der Waals surface area contributed by atoms with Crippen LogP contribution in [0.15, 0.2) is 22.8 Å². The molecule has 0 aliphatic heterocycles. The number of hydrogen-bond acceptors (Lipinski definition) is 4. The first-order chi connectivity index (χ1) is 14.3. The zero-order valence-corrected chi connectivity index (χ0v) is 18.6. The van der Waals surface area contributed by atoms with Crippen LogP contribution in [-0.2, 0) is 11.3 Å². The standard InChI is InChI=1S/C23H37N3O4/c1-5-24-22(29)26-18-9-11-23(4)10-8-17(20(27)19(23)15(18)3)14(2)21(28)25-13-16-7-6-12-30-16/h6-7,12,14-15,17-20,27H,5,8-11,13H2,1-4H3,(H,25,28)(H2,24,26,29)/t14-,15+,17+,18-,19+,20-,23-/m0/s1. The zero-order valence-electron chi connectivity index (χ0n) is 18.6. The molecular weight excluding hydrogens is 382 g/mol. The summed E-state index contributed by atoms with van der Waals surface area (Å²) < 4.78 is 5.29. The summed E-state index contributed by atoms with van der Waals surface area (Å²) in [6.45, 7) is 9.14. The maximum atomic E-state index is 12.8. The van der Waals surface area contributed by atoms with E-state index in [0.717, 1.165) is 25.7 Å². The van der Waals surface area contributed by atoms with Gasteiger partial charge in [0.2, 0.25) is 5.91 Å². The molecule has 2 saturated carbocycles. The van der Waals surface area contributed by atoms with Crippen LogP contribution >= 0.6 is 0 Å². The molecule has 1 heterocycles. The molecule has 30 heavy (non-hydrogen) atoms. The second-order valence-corrected chi connectivity index (χ2v) is 9.47. The highest BCUT2D eigenvalue weighted by Crippen LogP contribution is 2.55. The highest BCUT2D eigenvalue weighted by atomic mass is 16.3. The van der Waals surface area contributed by atoms with Crippen LogP contribution in [0, 0.1) is 29.1 Å². The minimum atomic E-state index is -0.568. The molecule has 0 radical (unpaired) electrons. The van der Waals surface area contributed by atoms with E-state index in [-0.39, 0.29) is 47.1 Å². The minimum Gasteiger partial charge on any atom is -0.467 e. The highest BCUT2D eigenvalue weighted by Gasteiger charge is 2.53. The molecule has 2 fully saturated rings. The summed E-state index contributed by atoms with van der Waals surface area (Å²) in [7, 11) is 0. The number of nitrogens with one attached hydrogen (secondary N) is 3. The summed E-state index contributed by atoms with van der Waals surface area (Å²) in [5.74, 6) is 0.473. The summed E-state index contributed by atoms with van der Waals surface area (Å²) in [4.78, 5) is 24.8. The number of amides is 3. The molecule has 1 aromatic rings. The maximum Gasteiger partial charge on any atom is 0.315 e. The Morgan fingerprint density at radius 1 is 1.30 bits per heavy atom. The summed E-state index contributed by atoms with van der Waals surface area (Å²) in [6.07, 6.45) is 4.75. The van der Waals surface area contributed by atoms with Gasteiger partial charge in [-0.25, -0.2) is 4.79 Å². The molecule has 0 aromatic carbocycles. The van der Waals surface area contributed by atoms with Gasteiger partial charge in [0.1, 0.15) is 5.76 Å². The van der Waals surface area contributed by atoms with Crippen molar-refractivity contribution in [3.05, 3.63) is 24.2 Å². The van der Waals surface area contributed by atoms with Gasteiger partial charge in [-0.2, -0.15) is 0 Å². The Balaban J connectivity index is 1.66. The fourth-order valence-electron chi connectivity index (χ4n) is 5.82. The first kappa shape index (κ1) is 22.7. The predicted molar refractivity (Wildman–Crippen MR) is 114 cm³/mol. The molecule has 3 rings (SSSR count). The van der Waals surface area contributed by atoms with Crippen molar-refractivity contribution >= 4 is 11.9 Å². The lowest BCUT2D eigenvalue weighted by Gasteiger charge is -2.56. The Morgan fingerprint density at radius 2 is 2.03 bits per heavy atom. The van der Waals surface area contributed by atoms with Gasteiger partial charge >= 0.3 is 6.03 Å². The van der Waals surface area contributed by atoms with Crippen molar-refractivity contribution in [2.24, 2.45) is 29.1 Å². The fourth-order valence-corrected chi connectivity index (χ4v) is 5.82. The fraction of sp³-hybridized carbons (Fsp3) is 0.739. The Hall–Kier alpha value is -2.02. The molecule has 7 atom stereocenters. The van der Waals surface area contributed by atoms with E-state index >= 15 is 0 Å². The van der Waals surface area contributed by atoms with Gasteiger partial charge < -0.3 is 25.5 Å². The van der Waals surface area contributed by atoms with Crippen LogP contribution in [0.25, 0.3) is 0 Å². The molecular formula is C23H37N3O4. The van der Waals surface area contributed by atoms with Crippen molar-refractivity contribution in [3.63, 3.8) is 0 Å². The van der Waals surface area contributed by atoms with E-state index in [1.807, 2.05) is 19.9 Å². The number of aliphatic hydroxyl groups is 1. The Bertz CT molecular complexity index is 722. The van der Waals surface area contributed by atoms with Crippen molar-refractivity contribution in [2.45, 2.75) is 72.1 Å². The number of aliphatic hydroxyl groups excluding tert-OH is 1. The molecule has 4 N–H and O–H groups in total. The van der Waals surface area contributed by atoms with Gasteiger partial charge in [-0.05, 0) is 67.9 Å². The van der Waals surface area contributed by atoms with E-state index < -0.39 is 6.10 Å². The van der Waals surface area contributed by atoms with Crippen LogP contribution in [-0.4, -0.2) is 35.7 Å². The van der Waals surface area contributed by atoms with Gasteiger partial charge in [0, 0.05) is 18.5 Å². The predicted octanol–water partition coefficient (Wildman–Crippen LogP) is 3.04. The van der Waals surface area contributed by atoms with E-state index in [4.69, 9.17) is 4.42 Å². The van der Waals surface area contributed by atoms with E-state index in [2.05, 4.69) is 29.8 Å². The molecule has 0 bridgehead atoms. The molecule has 7 heteroatoms. The molecule has 2 aliphatic rings. The van der Waals surface area contributed by atoms with Crippen LogP contribution in [0.2, 0.25) is 0 Å². The summed E-state index contributed by atoms with van der Waals surface area (Å²) >= 11 is 0. The summed E-state index contributed by atoms with van der Waals surface area (Å²) in [5, 5.41) is 20.2. The van der Waals surface area contributed by atoms with Gasteiger partial charge in [-0.3, -0.25) is 4.79 Å². The van der Waals surface area contributed by atoms with Crippen molar-refractivity contribution in [2.75, 3.05) is 6.54 Å². The Labute approximate surface area is 179 Å². The first-order valence-corrected chi connectivity index (χ1v) is 11.3. The molecule has 0 unspecified atom stereocenters. The first-order valence-electron chi connectivity index (χ1n) is 11.3. The molecule has 2 aliphatic carbocycles. The Morgan fingerprint density at radius 3 is 2.70 bits per heavy atom. The average Bonchev–Trinajstić information content (AvgIpc) is 3.22. The molecule has 0 spiro atoms. The highest BCUT2D eigenvalue weighted by molar-refractivity contribution is 5.78. The second-order valence-electron chi connectivity index (χ2n) is 9.47. The van der Waals surface area contributed by atoms with Gasteiger partial charge in [-0.1, -0.05) is 20.8 Å². The molecule has 168 valence electrons. The Kier molecular flexibility index (Phi) is 7.11. The van der Waals surface area contributed by atoms with Gasteiger partial charge in [0.15, 0.2) is 0 Å². The third-order valence-electron chi connectivity index (χ3n) is 7.61. The second kappa shape index (κ2) is 9.41. The third kappa shape index (κ3) is 4.66. The monoisotopic (exact) mass is 419 g/mol. The smallest absolute Gasteiger partial charge is 0.315 e. The lowest BCUT2D eigenvalue weighted by Crippen LogP contribution is -2.59. The van der Waals surface area contributed by atoms with Gasteiger partial charge in [0.25, 0.3) is 0 Å². The van der Waals surface area contributed by atoms with Crippen molar-refractivity contribution in [1.82, 2.24) is 16.0 Å². The third-order valence-corrected chi connectivity index (χ3v) is 7.61. The zero-order chi connectivity index (χ0) is 21.9. The quantitative estimate of drug-likeness (QED) is 0.569. The minimum absolute atomic E-state index is 0.0334. The molecule has 7 nitrogen and oxygen atoms in total. The topological polar surface area (TPSA) is 104 Å². The number of carbonyl (C=O) groups is 2. The molecule has 3 amide bonds. The van der Waals surface area contributed by atoms with Crippen LogP contribution in [0.5, 0.6) is 0 Å². The maximum absolute atomic E-state index is 12.8.